The molecule has 1 atom stereocenters. The monoisotopic (exact) mass is 290 g/mol. The van der Waals surface area contributed by atoms with Gasteiger partial charge in [-0.2, -0.15) is 0 Å². The second kappa shape index (κ2) is 6.56. The molecule has 1 N–H and O–H groups in total. The van der Waals surface area contributed by atoms with Crippen molar-refractivity contribution in [3.63, 3.8) is 0 Å². The first-order valence-electron chi connectivity index (χ1n) is 7.96. The van der Waals surface area contributed by atoms with Crippen molar-refractivity contribution < 1.29 is 9.18 Å². The van der Waals surface area contributed by atoms with Gasteiger partial charge in [0.25, 0.3) is 0 Å². The van der Waals surface area contributed by atoms with Crippen molar-refractivity contribution in [1.29, 1.82) is 0 Å². The van der Waals surface area contributed by atoms with Gasteiger partial charge in [-0.05, 0) is 44.2 Å². The van der Waals surface area contributed by atoms with Gasteiger partial charge in [-0.1, -0.05) is 18.2 Å². The van der Waals surface area contributed by atoms with Crippen LogP contribution in [-0.2, 0) is 11.3 Å². The fourth-order valence-corrected chi connectivity index (χ4v) is 3.06. The molecule has 1 aliphatic heterocycles. The van der Waals surface area contributed by atoms with Crippen LogP contribution in [0.4, 0.5) is 4.39 Å². The van der Waals surface area contributed by atoms with Crippen LogP contribution in [0.15, 0.2) is 24.3 Å². The van der Waals surface area contributed by atoms with Crippen LogP contribution in [0.5, 0.6) is 0 Å². The molecule has 1 aromatic rings. The molecule has 3 nitrogen and oxygen atoms in total. The lowest BCUT2D eigenvalue weighted by Gasteiger charge is -2.33. The molecule has 1 aliphatic carbocycles. The molecule has 1 heterocycles. The molecule has 0 bridgehead atoms. The van der Waals surface area contributed by atoms with Crippen LogP contribution in [-0.4, -0.2) is 29.9 Å². The highest BCUT2D eigenvalue weighted by Crippen LogP contribution is 2.32. The fourth-order valence-electron chi connectivity index (χ4n) is 3.06. The molecule has 21 heavy (non-hydrogen) atoms. The van der Waals surface area contributed by atoms with Crippen LogP contribution in [0, 0.1) is 11.7 Å². The molecular weight excluding hydrogens is 267 g/mol. The molecule has 1 amide bonds. The SMILES string of the molecule is O=C(CC1CC1)N[C@H]1CCCN(Cc2ccccc2F)C1. The van der Waals surface area contributed by atoms with Crippen molar-refractivity contribution in [2.75, 3.05) is 13.1 Å². The average molecular weight is 290 g/mol. The average Bonchev–Trinajstić information content (AvgIpc) is 3.25. The standard InChI is InChI=1S/C17H23FN2O/c18-16-6-2-1-4-14(16)11-20-9-3-5-15(12-20)19-17(21)10-13-7-8-13/h1-2,4,6,13,15H,3,5,7-12H2,(H,19,21)/t15-/m0/s1. The van der Waals surface area contributed by atoms with Crippen LogP contribution in [0.2, 0.25) is 0 Å². The summed E-state index contributed by atoms with van der Waals surface area (Å²) in [6.07, 6.45) is 5.19. The lowest BCUT2D eigenvalue weighted by Crippen LogP contribution is -2.47. The van der Waals surface area contributed by atoms with Crippen LogP contribution < -0.4 is 5.32 Å². The van der Waals surface area contributed by atoms with E-state index in [1.807, 2.05) is 12.1 Å². The van der Waals surface area contributed by atoms with Crippen LogP contribution in [0.1, 0.15) is 37.7 Å². The zero-order chi connectivity index (χ0) is 14.7. The molecule has 1 saturated heterocycles. The Labute approximate surface area is 125 Å². The minimum Gasteiger partial charge on any atom is -0.352 e. The summed E-state index contributed by atoms with van der Waals surface area (Å²) in [5.74, 6) is 0.677. The van der Waals surface area contributed by atoms with Gasteiger partial charge in [0, 0.05) is 31.1 Å². The maximum atomic E-state index is 13.7. The highest BCUT2D eigenvalue weighted by atomic mass is 19.1. The molecule has 114 valence electrons. The summed E-state index contributed by atoms with van der Waals surface area (Å²) in [6, 6.07) is 7.16. The summed E-state index contributed by atoms with van der Waals surface area (Å²) in [6.45, 7) is 2.43. The number of rotatable bonds is 5. The first kappa shape index (κ1) is 14.5. The third kappa shape index (κ3) is 4.27. The fraction of sp³-hybridized carbons (Fsp3) is 0.588. The van der Waals surface area contributed by atoms with Gasteiger partial charge in [-0.25, -0.2) is 4.39 Å². The van der Waals surface area contributed by atoms with Gasteiger partial charge in [0.15, 0.2) is 0 Å². The highest BCUT2D eigenvalue weighted by Gasteiger charge is 2.27. The van der Waals surface area contributed by atoms with Gasteiger partial charge in [0.1, 0.15) is 5.82 Å². The topological polar surface area (TPSA) is 32.3 Å². The summed E-state index contributed by atoms with van der Waals surface area (Å²) in [4.78, 5) is 14.1. The van der Waals surface area contributed by atoms with Crippen molar-refractivity contribution in [2.24, 2.45) is 5.92 Å². The molecule has 0 unspecified atom stereocenters. The molecule has 0 aromatic heterocycles. The number of hydrogen-bond acceptors (Lipinski definition) is 2. The van der Waals surface area contributed by atoms with E-state index in [1.165, 1.54) is 18.9 Å². The molecular formula is C17H23FN2O. The maximum absolute atomic E-state index is 13.7. The number of benzene rings is 1. The number of nitrogens with zero attached hydrogens (tertiary/aromatic N) is 1. The number of likely N-dealkylation sites (tertiary alicyclic amines) is 1. The van der Waals surface area contributed by atoms with Crippen molar-refractivity contribution in [3.8, 4) is 0 Å². The summed E-state index contributed by atoms with van der Waals surface area (Å²) >= 11 is 0. The highest BCUT2D eigenvalue weighted by molar-refractivity contribution is 5.76. The number of halogens is 1. The van der Waals surface area contributed by atoms with Crippen molar-refractivity contribution in [1.82, 2.24) is 10.2 Å². The van der Waals surface area contributed by atoms with E-state index in [0.29, 0.717) is 18.9 Å². The summed E-state index contributed by atoms with van der Waals surface area (Å²) in [7, 11) is 0. The number of amides is 1. The Hall–Kier alpha value is -1.42. The summed E-state index contributed by atoms with van der Waals surface area (Å²) in [5, 5.41) is 3.15. The molecule has 0 spiro atoms. The Morgan fingerprint density at radius 1 is 1.29 bits per heavy atom. The minimum absolute atomic E-state index is 0.141. The molecule has 2 fully saturated rings. The van der Waals surface area contributed by atoms with E-state index in [-0.39, 0.29) is 17.8 Å². The van der Waals surface area contributed by atoms with Crippen molar-refractivity contribution in [2.45, 2.75) is 44.7 Å². The Morgan fingerprint density at radius 2 is 2.10 bits per heavy atom. The van der Waals surface area contributed by atoms with Gasteiger partial charge in [-0.15, -0.1) is 0 Å². The molecule has 2 aliphatic rings. The first-order valence-corrected chi connectivity index (χ1v) is 7.96. The van der Waals surface area contributed by atoms with Gasteiger partial charge in [0.2, 0.25) is 5.91 Å². The van der Waals surface area contributed by atoms with E-state index in [4.69, 9.17) is 0 Å². The second-order valence-electron chi connectivity index (χ2n) is 6.38. The summed E-state index contributed by atoms with van der Waals surface area (Å²) in [5.41, 5.74) is 0.738. The predicted octanol–water partition coefficient (Wildman–Crippen LogP) is 2.71. The Balaban J connectivity index is 1.50. The molecule has 1 saturated carbocycles. The number of nitrogens with one attached hydrogen (secondary N) is 1. The third-order valence-corrected chi connectivity index (χ3v) is 4.39. The molecule has 0 radical (unpaired) electrons. The van der Waals surface area contributed by atoms with Gasteiger partial charge in [-0.3, -0.25) is 9.69 Å². The number of hydrogen-bond donors (Lipinski definition) is 1. The van der Waals surface area contributed by atoms with E-state index < -0.39 is 0 Å². The van der Waals surface area contributed by atoms with Crippen LogP contribution in [0.3, 0.4) is 0 Å². The maximum Gasteiger partial charge on any atom is 0.220 e. The lowest BCUT2D eigenvalue weighted by molar-refractivity contribution is -0.122. The second-order valence-corrected chi connectivity index (χ2v) is 6.38. The van der Waals surface area contributed by atoms with E-state index in [1.54, 1.807) is 6.07 Å². The smallest absolute Gasteiger partial charge is 0.220 e. The van der Waals surface area contributed by atoms with E-state index in [9.17, 15) is 9.18 Å². The normalized spacial score (nSPS) is 23.0. The summed E-state index contributed by atoms with van der Waals surface area (Å²) < 4.78 is 13.7. The zero-order valence-corrected chi connectivity index (χ0v) is 12.4. The Morgan fingerprint density at radius 3 is 2.86 bits per heavy atom. The van der Waals surface area contributed by atoms with Crippen molar-refractivity contribution >= 4 is 5.91 Å². The molecule has 1 aromatic carbocycles. The first-order chi connectivity index (χ1) is 10.2. The third-order valence-electron chi connectivity index (χ3n) is 4.39. The quantitative estimate of drug-likeness (QED) is 0.904. The van der Waals surface area contributed by atoms with Crippen LogP contribution in [0.25, 0.3) is 0 Å². The van der Waals surface area contributed by atoms with Gasteiger partial charge in [0.05, 0.1) is 0 Å². The van der Waals surface area contributed by atoms with Gasteiger partial charge < -0.3 is 5.32 Å². The minimum atomic E-state index is -0.141. The number of carbonyl (C=O) groups excluding carboxylic acids is 1. The zero-order valence-electron chi connectivity index (χ0n) is 12.4. The number of piperidine rings is 1. The van der Waals surface area contributed by atoms with E-state index >= 15 is 0 Å². The number of carbonyl (C=O) groups is 1. The predicted molar refractivity (Wildman–Crippen MR) is 80.2 cm³/mol. The molecule has 4 heteroatoms. The van der Waals surface area contributed by atoms with Gasteiger partial charge >= 0.3 is 0 Å². The Kier molecular flexibility index (Phi) is 4.54. The van der Waals surface area contributed by atoms with Crippen LogP contribution >= 0.6 is 0 Å². The molecule has 3 rings (SSSR count). The van der Waals surface area contributed by atoms with E-state index in [2.05, 4.69) is 10.2 Å². The van der Waals surface area contributed by atoms with E-state index in [0.717, 1.165) is 31.5 Å². The largest absolute Gasteiger partial charge is 0.352 e. The Bertz CT molecular complexity index is 501. The lowest BCUT2D eigenvalue weighted by atomic mass is 10.0. The van der Waals surface area contributed by atoms with Crippen molar-refractivity contribution in [3.05, 3.63) is 35.6 Å².